The summed E-state index contributed by atoms with van der Waals surface area (Å²) in [5.41, 5.74) is 1.21. The van der Waals surface area contributed by atoms with Crippen molar-refractivity contribution < 1.29 is 36.7 Å². The van der Waals surface area contributed by atoms with Gasteiger partial charge >= 0.3 is 6.18 Å². The van der Waals surface area contributed by atoms with Crippen molar-refractivity contribution in [2.75, 3.05) is 58.2 Å². The van der Waals surface area contributed by atoms with Crippen molar-refractivity contribution in [2.24, 2.45) is 7.05 Å². The van der Waals surface area contributed by atoms with Crippen LogP contribution in [0.2, 0.25) is 0 Å². The fraction of sp³-hybridized carbons (Fsp3) is 0.447. The van der Waals surface area contributed by atoms with Crippen molar-refractivity contribution in [1.29, 1.82) is 0 Å². The van der Waals surface area contributed by atoms with Gasteiger partial charge in [-0.2, -0.15) is 18.3 Å². The Hall–Kier alpha value is -5.29. The predicted molar refractivity (Wildman–Crippen MR) is 195 cm³/mol. The van der Waals surface area contributed by atoms with E-state index in [1.807, 2.05) is 4.90 Å². The molecule has 2 aromatic carbocycles. The summed E-state index contributed by atoms with van der Waals surface area (Å²) in [5, 5.41) is 12.3. The Kier molecular flexibility index (Phi) is 10.7. The lowest BCUT2D eigenvalue weighted by atomic mass is 9.86. The largest absolute Gasteiger partial charge is 0.496 e. The van der Waals surface area contributed by atoms with Crippen LogP contribution in [0.1, 0.15) is 48.3 Å². The van der Waals surface area contributed by atoms with Crippen LogP contribution in [0, 0.1) is 5.82 Å². The van der Waals surface area contributed by atoms with Gasteiger partial charge in [-0.3, -0.25) is 39.4 Å². The van der Waals surface area contributed by atoms with Crippen molar-refractivity contribution in [3.63, 3.8) is 0 Å². The molecule has 5 heterocycles. The first kappa shape index (κ1) is 38.0. The number of imide groups is 1. The molecule has 2 aromatic heterocycles. The molecule has 7 rings (SSSR count). The van der Waals surface area contributed by atoms with E-state index >= 15 is 4.39 Å². The highest BCUT2D eigenvalue weighted by molar-refractivity contribution is 6.01. The summed E-state index contributed by atoms with van der Waals surface area (Å²) < 4.78 is 65.5. The molecule has 3 amide bonds. The highest BCUT2D eigenvalue weighted by Gasteiger charge is 2.37. The number of carbonyl (C=O) groups excluding carboxylic acids is 3. The highest BCUT2D eigenvalue weighted by Crippen LogP contribution is 2.40. The topological polar surface area (TPSA) is 145 Å². The number of alkyl halides is 3. The van der Waals surface area contributed by atoms with Gasteiger partial charge in [0.05, 0.1) is 25.4 Å². The molecule has 3 fully saturated rings. The van der Waals surface area contributed by atoms with Gasteiger partial charge in [-0.05, 0) is 60.6 Å². The molecular weight excluding hydrogens is 724 g/mol. The molecule has 0 radical (unpaired) electrons. The van der Waals surface area contributed by atoms with E-state index in [1.165, 1.54) is 36.1 Å². The third-order valence-corrected chi connectivity index (χ3v) is 10.9. The van der Waals surface area contributed by atoms with E-state index in [0.29, 0.717) is 92.0 Å². The molecule has 0 bridgehead atoms. The molecule has 13 nitrogen and oxygen atoms in total. The minimum atomic E-state index is -4.62. The second-order valence-corrected chi connectivity index (χ2v) is 14.4. The number of pyridine rings is 1. The van der Waals surface area contributed by atoms with E-state index in [1.54, 1.807) is 24.2 Å². The molecule has 17 heteroatoms. The molecule has 3 aliphatic heterocycles. The van der Waals surface area contributed by atoms with Crippen LogP contribution in [0.15, 0.2) is 47.5 Å². The average Bonchev–Trinajstić information content (AvgIpc) is 3.66. The normalized spacial score (nSPS) is 19.2. The molecule has 3 saturated heterocycles. The zero-order chi connectivity index (χ0) is 39.0. The van der Waals surface area contributed by atoms with Gasteiger partial charge in [0.1, 0.15) is 23.1 Å². The van der Waals surface area contributed by atoms with Crippen LogP contribution in [0.5, 0.6) is 5.75 Å². The average molecular weight is 767 g/mol. The van der Waals surface area contributed by atoms with Gasteiger partial charge in [-0.15, -0.1) is 0 Å². The quantitative estimate of drug-likeness (QED) is 0.171. The second-order valence-electron chi connectivity index (χ2n) is 14.4. The molecule has 3 aliphatic rings. The number of likely N-dealkylation sites (tertiary alicyclic amines) is 1. The summed E-state index contributed by atoms with van der Waals surface area (Å²) in [5.74, 6) is -1.52. The summed E-state index contributed by atoms with van der Waals surface area (Å²) in [7, 11) is 3.10. The van der Waals surface area contributed by atoms with Crippen molar-refractivity contribution in [2.45, 2.75) is 50.4 Å². The number of halogens is 4. The Labute approximate surface area is 313 Å². The lowest BCUT2D eigenvalue weighted by Crippen LogP contribution is -2.50. The summed E-state index contributed by atoms with van der Waals surface area (Å²) in [6.45, 7) is 3.47. The number of anilines is 1. The number of H-pyrrole nitrogens is 1. The summed E-state index contributed by atoms with van der Waals surface area (Å²) in [6.07, 6.45) is -0.382. The lowest BCUT2D eigenvalue weighted by molar-refractivity contribution is -0.139. The first-order valence-corrected chi connectivity index (χ1v) is 18.2. The number of aromatic nitrogens is 3. The number of piperazine rings is 1. The van der Waals surface area contributed by atoms with Gasteiger partial charge in [0.25, 0.3) is 5.56 Å². The Morgan fingerprint density at radius 1 is 1.00 bits per heavy atom. The van der Waals surface area contributed by atoms with Gasteiger partial charge < -0.3 is 19.5 Å². The van der Waals surface area contributed by atoms with E-state index in [-0.39, 0.29) is 42.1 Å². The van der Waals surface area contributed by atoms with Crippen molar-refractivity contribution in [3.05, 3.63) is 75.6 Å². The van der Waals surface area contributed by atoms with Gasteiger partial charge in [0.2, 0.25) is 17.7 Å². The number of amides is 3. The van der Waals surface area contributed by atoms with Gasteiger partial charge in [0.15, 0.2) is 0 Å². The molecule has 292 valence electrons. The second kappa shape index (κ2) is 15.5. The number of hydrogen-bond acceptors (Lipinski definition) is 9. The predicted octanol–water partition coefficient (Wildman–Crippen LogP) is 3.84. The van der Waals surface area contributed by atoms with E-state index in [9.17, 15) is 32.3 Å². The van der Waals surface area contributed by atoms with Crippen LogP contribution < -0.4 is 20.9 Å². The third-order valence-electron chi connectivity index (χ3n) is 10.9. The van der Waals surface area contributed by atoms with E-state index in [4.69, 9.17) is 4.74 Å². The molecule has 1 unspecified atom stereocenters. The number of nitrogens with zero attached hydrogens (tertiary/aromatic N) is 5. The SMILES string of the molecule is COc1cc(-c2cn(C)c(=O)c3[nH]ncc23)cc(F)c1CN1CCN(CC(=O)N2CCC(c3ccc(NC4CCC(=O)NC4=O)cc3C(F)(F)F)CC2)CC1. The first-order chi connectivity index (χ1) is 26.3. The molecule has 55 heavy (non-hydrogen) atoms. The number of aromatic amines is 1. The number of carbonyl (C=O) groups is 3. The summed E-state index contributed by atoms with van der Waals surface area (Å²) >= 11 is 0. The molecule has 1 atom stereocenters. The highest BCUT2D eigenvalue weighted by atomic mass is 19.4. The lowest BCUT2D eigenvalue weighted by Gasteiger charge is -2.37. The monoisotopic (exact) mass is 766 g/mol. The maximum absolute atomic E-state index is 15.7. The molecule has 0 saturated carbocycles. The van der Waals surface area contributed by atoms with Crippen LogP contribution >= 0.6 is 0 Å². The summed E-state index contributed by atoms with van der Waals surface area (Å²) in [4.78, 5) is 55.2. The molecule has 4 aromatic rings. The number of rotatable bonds is 9. The Bertz CT molecular complexity index is 2170. The minimum absolute atomic E-state index is 0.0832. The number of nitrogens with one attached hydrogen (secondary N) is 3. The van der Waals surface area contributed by atoms with Gasteiger partial charge in [-0.25, -0.2) is 4.39 Å². The minimum Gasteiger partial charge on any atom is -0.496 e. The number of benzene rings is 2. The maximum Gasteiger partial charge on any atom is 0.416 e. The van der Waals surface area contributed by atoms with E-state index in [2.05, 4.69) is 25.7 Å². The fourth-order valence-corrected chi connectivity index (χ4v) is 7.82. The molecular formula is C38H42F4N8O5. The fourth-order valence-electron chi connectivity index (χ4n) is 7.82. The maximum atomic E-state index is 15.7. The first-order valence-electron chi connectivity index (χ1n) is 18.2. The molecule has 0 spiro atoms. The number of piperidine rings is 2. The van der Waals surface area contributed by atoms with Gasteiger partial charge in [-0.1, -0.05) is 6.07 Å². The number of ether oxygens (including phenoxy) is 1. The molecule has 0 aliphatic carbocycles. The third kappa shape index (κ3) is 8.08. The van der Waals surface area contributed by atoms with Crippen LogP contribution in [-0.4, -0.2) is 106 Å². The summed E-state index contributed by atoms with van der Waals surface area (Å²) in [6, 6.07) is 6.37. The zero-order valence-electron chi connectivity index (χ0n) is 30.5. The van der Waals surface area contributed by atoms with E-state index < -0.39 is 41.3 Å². The number of methoxy groups -OCH3 is 1. The standard InChI is InChI=1S/C38H42F4N8O5/c1-47-19-27(26-18-43-46-35(26)37(47)54)23-15-30(39)28(32(16-23)55-2)20-48-11-13-49(14-12-48)21-34(52)50-9-7-22(8-10-50)25-4-3-24(17-29(25)38(40,41)42)44-31-5-6-33(51)45-36(31)53/h3-4,15-19,22,31,44H,5-14,20-21H2,1-2H3,(H,43,46)(H,45,51,53). The van der Waals surface area contributed by atoms with E-state index in [0.717, 1.165) is 6.07 Å². The molecule has 3 N–H and O–H groups in total. The Morgan fingerprint density at radius 2 is 1.73 bits per heavy atom. The number of aryl methyl sites for hydroxylation is 1. The van der Waals surface area contributed by atoms with Crippen LogP contribution in [0.4, 0.5) is 23.2 Å². The number of hydrogen-bond donors (Lipinski definition) is 3. The van der Waals surface area contributed by atoms with Crippen molar-refractivity contribution >= 4 is 34.3 Å². The van der Waals surface area contributed by atoms with Crippen molar-refractivity contribution in [3.8, 4) is 16.9 Å². The Balaban J connectivity index is 0.923. The number of fused-ring (bicyclic) bond motifs is 1. The van der Waals surface area contributed by atoms with Crippen LogP contribution in [0.25, 0.3) is 22.0 Å². The smallest absolute Gasteiger partial charge is 0.416 e. The Morgan fingerprint density at radius 3 is 2.42 bits per heavy atom. The van der Waals surface area contributed by atoms with Crippen LogP contribution in [0.3, 0.4) is 0 Å². The van der Waals surface area contributed by atoms with Gasteiger partial charge in [0, 0.05) is 87.7 Å². The van der Waals surface area contributed by atoms with Crippen LogP contribution in [-0.2, 0) is 34.2 Å². The zero-order valence-corrected chi connectivity index (χ0v) is 30.5. The van der Waals surface area contributed by atoms with Crippen molar-refractivity contribution in [1.82, 2.24) is 34.8 Å².